The molecule has 0 radical (unpaired) electrons. The monoisotopic (exact) mass is 355 g/mol. The third kappa shape index (κ3) is 4.10. The fourth-order valence-electron chi connectivity index (χ4n) is 3.64. The van der Waals surface area contributed by atoms with Gasteiger partial charge in [-0.25, -0.2) is 0 Å². The van der Waals surface area contributed by atoms with Crippen LogP contribution < -0.4 is 5.32 Å². The second-order valence-corrected chi connectivity index (χ2v) is 7.37. The maximum Gasteiger partial charge on any atom is 0.0738 e. The Morgan fingerprint density at radius 2 is 1.95 bits per heavy atom. The average molecular weight is 356 g/mol. The molecule has 0 saturated heterocycles. The van der Waals surface area contributed by atoms with Crippen LogP contribution in [0.2, 0.25) is 0 Å². The highest BCUT2D eigenvalue weighted by Crippen LogP contribution is 2.40. The average Bonchev–Trinajstić information content (AvgIpc) is 2.76. The summed E-state index contributed by atoms with van der Waals surface area (Å²) in [6.45, 7) is 9.77. The smallest absolute Gasteiger partial charge is 0.0738 e. The zero-order chi connectivity index (χ0) is 15.3. The van der Waals surface area contributed by atoms with Crippen molar-refractivity contribution in [2.45, 2.75) is 72.3 Å². The highest BCUT2D eigenvalue weighted by Gasteiger charge is 2.34. The molecule has 1 aromatic heterocycles. The van der Waals surface area contributed by atoms with E-state index >= 15 is 0 Å². The normalized spacial score (nSPS) is 18.1. The van der Waals surface area contributed by atoms with Gasteiger partial charge in [-0.2, -0.15) is 5.10 Å². The largest absolute Gasteiger partial charge is 0.316 e. The molecule has 0 aromatic carbocycles. The highest BCUT2D eigenvalue weighted by atomic mass is 79.9. The number of rotatable bonds is 7. The lowest BCUT2D eigenvalue weighted by atomic mass is 9.71. The van der Waals surface area contributed by atoms with Gasteiger partial charge in [0, 0.05) is 13.1 Å². The Hall–Kier alpha value is -0.350. The Morgan fingerprint density at radius 1 is 1.24 bits per heavy atom. The van der Waals surface area contributed by atoms with Gasteiger partial charge in [0.05, 0.1) is 15.9 Å². The molecule has 3 nitrogen and oxygen atoms in total. The molecule has 0 spiro atoms. The van der Waals surface area contributed by atoms with E-state index in [0.29, 0.717) is 5.41 Å². The number of halogens is 1. The predicted octanol–water partition coefficient (Wildman–Crippen LogP) is 4.47. The summed E-state index contributed by atoms with van der Waals surface area (Å²) in [5, 5.41) is 8.36. The maximum absolute atomic E-state index is 4.67. The van der Waals surface area contributed by atoms with Gasteiger partial charge in [-0.15, -0.1) is 0 Å². The lowest BCUT2D eigenvalue weighted by molar-refractivity contribution is 0.177. The zero-order valence-electron chi connectivity index (χ0n) is 13.8. The van der Waals surface area contributed by atoms with Crippen molar-refractivity contribution in [2.75, 3.05) is 13.1 Å². The summed E-state index contributed by atoms with van der Waals surface area (Å²) in [6, 6.07) is 0. The van der Waals surface area contributed by atoms with Crippen LogP contribution in [0, 0.1) is 12.3 Å². The Balaban J connectivity index is 2.18. The summed E-state index contributed by atoms with van der Waals surface area (Å²) in [7, 11) is 0. The molecule has 1 N–H and O–H groups in total. The van der Waals surface area contributed by atoms with E-state index in [-0.39, 0.29) is 0 Å². The van der Waals surface area contributed by atoms with Crippen LogP contribution in [0.3, 0.4) is 0 Å². The maximum atomic E-state index is 4.67. The summed E-state index contributed by atoms with van der Waals surface area (Å²) in [6.07, 6.45) is 9.23. The fraction of sp³-hybridized carbons (Fsp3) is 0.824. The van der Waals surface area contributed by atoms with Crippen LogP contribution >= 0.6 is 15.9 Å². The quantitative estimate of drug-likeness (QED) is 0.731. The summed E-state index contributed by atoms with van der Waals surface area (Å²) in [5.74, 6) is 0. The van der Waals surface area contributed by atoms with E-state index in [0.717, 1.165) is 31.7 Å². The molecule has 120 valence electrons. The van der Waals surface area contributed by atoms with Gasteiger partial charge in [0.15, 0.2) is 0 Å². The molecule has 0 unspecified atom stereocenters. The molecule has 0 aliphatic heterocycles. The van der Waals surface area contributed by atoms with Gasteiger partial charge in [0.25, 0.3) is 0 Å². The number of hydrogen-bond donors (Lipinski definition) is 1. The van der Waals surface area contributed by atoms with E-state index in [2.05, 4.69) is 51.8 Å². The minimum atomic E-state index is 0.426. The molecular weight excluding hydrogens is 326 g/mol. The van der Waals surface area contributed by atoms with E-state index in [9.17, 15) is 0 Å². The van der Waals surface area contributed by atoms with Crippen LogP contribution in [0.5, 0.6) is 0 Å². The first kappa shape index (κ1) is 17.0. The van der Waals surface area contributed by atoms with Gasteiger partial charge in [0.2, 0.25) is 0 Å². The summed E-state index contributed by atoms with van der Waals surface area (Å²) < 4.78 is 3.42. The van der Waals surface area contributed by atoms with Gasteiger partial charge < -0.3 is 5.32 Å². The molecule has 1 saturated carbocycles. The molecular formula is C17H30BrN3. The summed E-state index contributed by atoms with van der Waals surface area (Å²) >= 11 is 3.77. The van der Waals surface area contributed by atoms with Crippen molar-refractivity contribution >= 4 is 15.9 Å². The van der Waals surface area contributed by atoms with Crippen molar-refractivity contribution < 1.29 is 0 Å². The Kier molecular flexibility index (Phi) is 6.30. The predicted molar refractivity (Wildman–Crippen MR) is 92.7 cm³/mol. The Morgan fingerprint density at radius 3 is 2.57 bits per heavy atom. The Bertz CT molecular complexity index is 447. The van der Waals surface area contributed by atoms with Crippen LogP contribution in [0.1, 0.15) is 63.8 Å². The minimum Gasteiger partial charge on any atom is -0.316 e. The molecule has 21 heavy (non-hydrogen) atoms. The van der Waals surface area contributed by atoms with Crippen LogP contribution in [0.15, 0.2) is 4.47 Å². The van der Waals surface area contributed by atoms with Crippen LogP contribution in [0.4, 0.5) is 0 Å². The number of nitrogens with one attached hydrogen (secondary N) is 1. The second-order valence-electron chi connectivity index (χ2n) is 6.58. The third-order valence-electron chi connectivity index (χ3n) is 4.84. The molecule has 0 atom stereocenters. The number of aromatic nitrogens is 2. The van der Waals surface area contributed by atoms with Gasteiger partial charge in [-0.05, 0) is 67.4 Å². The molecule has 1 heterocycles. The molecule has 0 amide bonds. The number of aryl methyl sites for hydroxylation is 2. The van der Waals surface area contributed by atoms with Gasteiger partial charge in [-0.1, -0.05) is 26.2 Å². The van der Waals surface area contributed by atoms with Crippen molar-refractivity contribution in [3.8, 4) is 0 Å². The first-order valence-corrected chi connectivity index (χ1v) is 9.33. The second kappa shape index (κ2) is 7.77. The lowest BCUT2D eigenvalue weighted by Gasteiger charge is -2.38. The number of hydrogen-bond acceptors (Lipinski definition) is 2. The topological polar surface area (TPSA) is 29.9 Å². The van der Waals surface area contributed by atoms with Gasteiger partial charge in [0.1, 0.15) is 0 Å². The van der Waals surface area contributed by atoms with Crippen molar-refractivity contribution in [1.29, 1.82) is 0 Å². The van der Waals surface area contributed by atoms with Crippen LogP contribution in [-0.2, 0) is 13.0 Å². The Labute approximate surface area is 138 Å². The minimum absolute atomic E-state index is 0.426. The standard InChI is InChI=1S/C17H30BrN3/c1-4-11-19-13-17(9-7-6-8-10-17)12-15-16(18)14(3)20-21(15)5-2/h19H,4-13H2,1-3H3. The van der Waals surface area contributed by atoms with Crippen LogP contribution in [0.25, 0.3) is 0 Å². The van der Waals surface area contributed by atoms with E-state index < -0.39 is 0 Å². The molecule has 1 aromatic rings. The molecule has 4 heteroatoms. The van der Waals surface area contributed by atoms with E-state index in [1.165, 1.54) is 48.7 Å². The zero-order valence-corrected chi connectivity index (χ0v) is 15.4. The van der Waals surface area contributed by atoms with E-state index in [1.807, 2.05) is 0 Å². The van der Waals surface area contributed by atoms with Crippen molar-refractivity contribution in [2.24, 2.45) is 5.41 Å². The van der Waals surface area contributed by atoms with Crippen LogP contribution in [-0.4, -0.2) is 22.9 Å². The lowest BCUT2D eigenvalue weighted by Crippen LogP contribution is -2.38. The SMILES string of the molecule is CCCNCC1(Cc2c(Br)c(C)nn2CC)CCCCC1. The van der Waals surface area contributed by atoms with E-state index in [4.69, 9.17) is 0 Å². The first-order valence-electron chi connectivity index (χ1n) is 8.54. The van der Waals surface area contributed by atoms with Gasteiger partial charge in [-0.3, -0.25) is 4.68 Å². The van der Waals surface area contributed by atoms with Crippen molar-refractivity contribution in [1.82, 2.24) is 15.1 Å². The molecule has 2 rings (SSSR count). The summed E-state index contributed by atoms with van der Waals surface area (Å²) in [5.41, 5.74) is 2.95. The summed E-state index contributed by atoms with van der Waals surface area (Å²) in [4.78, 5) is 0. The number of nitrogens with zero attached hydrogens (tertiary/aromatic N) is 2. The fourth-order valence-corrected chi connectivity index (χ4v) is 4.07. The first-order chi connectivity index (χ1) is 10.1. The van der Waals surface area contributed by atoms with E-state index in [1.54, 1.807) is 0 Å². The molecule has 0 bridgehead atoms. The van der Waals surface area contributed by atoms with Gasteiger partial charge >= 0.3 is 0 Å². The highest BCUT2D eigenvalue weighted by molar-refractivity contribution is 9.10. The molecule has 1 aliphatic carbocycles. The molecule has 1 aliphatic rings. The molecule has 1 fully saturated rings. The van der Waals surface area contributed by atoms with Crippen molar-refractivity contribution in [3.05, 3.63) is 15.9 Å². The van der Waals surface area contributed by atoms with Crippen molar-refractivity contribution in [3.63, 3.8) is 0 Å². The third-order valence-corrected chi connectivity index (χ3v) is 5.87.